The van der Waals surface area contributed by atoms with E-state index in [1.807, 2.05) is 38.2 Å². The van der Waals surface area contributed by atoms with E-state index in [0.717, 1.165) is 27.7 Å². The molecule has 78 valence electrons. The Morgan fingerprint density at radius 3 is 2.33 bits per heavy atom. The molecule has 0 aliphatic heterocycles. The summed E-state index contributed by atoms with van der Waals surface area (Å²) in [6, 6.07) is 7.57. The zero-order valence-electron chi connectivity index (χ0n) is 8.66. The first kappa shape index (κ1) is 10.1. The molecule has 1 aromatic carbocycles. The summed E-state index contributed by atoms with van der Waals surface area (Å²) in [4.78, 5) is 0. The summed E-state index contributed by atoms with van der Waals surface area (Å²) in [5.74, 6) is 0. The van der Waals surface area contributed by atoms with Crippen LogP contribution in [0.4, 0.5) is 5.69 Å². The number of aryl methyl sites for hydroxylation is 2. The Labute approximate surface area is 93.5 Å². The number of nitrogen functional groups attached to an aromatic ring is 1. The quantitative estimate of drug-likeness (QED) is 0.805. The third-order valence-corrected chi connectivity index (χ3v) is 2.64. The van der Waals surface area contributed by atoms with E-state index in [-0.39, 0.29) is 0 Å². The van der Waals surface area contributed by atoms with Crippen molar-refractivity contribution in [3.8, 4) is 11.3 Å². The Morgan fingerprint density at radius 1 is 1.27 bits per heavy atom. The number of aromatic nitrogens is 2. The highest BCUT2D eigenvalue weighted by atomic mass is 35.5. The van der Waals surface area contributed by atoms with Gasteiger partial charge in [0.25, 0.3) is 0 Å². The van der Waals surface area contributed by atoms with Gasteiger partial charge in [0.15, 0.2) is 0 Å². The van der Waals surface area contributed by atoms with E-state index in [4.69, 9.17) is 17.3 Å². The van der Waals surface area contributed by atoms with Gasteiger partial charge in [-0.05, 0) is 19.1 Å². The molecular weight excluding hydrogens is 210 g/mol. The maximum absolute atomic E-state index is 5.96. The smallest absolute Gasteiger partial charge is 0.0911 e. The van der Waals surface area contributed by atoms with Gasteiger partial charge >= 0.3 is 0 Å². The summed E-state index contributed by atoms with van der Waals surface area (Å²) < 4.78 is 1.79. The topological polar surface area (TPSA) is 43.8 Å². The first-order valence-electron chi connectivity index (χ1n) is 4.64. The highest BCUT2D eigenvalue weighted by Crippen LogP contribution is 2.28. The third-order valence-electron chi connectivity index (χ3n) is 2.39. The number of nitrogens with zero attached hydrogens (tertiary/aromatic N) is 2. The molecule has 3 nitrogen and oxygen atoms in total. The van der Waals surface area contributed by atoms with Crippen molar-refractivity contribution in [2.75, 3.05) is 5.73 Å². The van der Waals surface area contributed by atoms with E-state index in [2.05, 4.69) is 5.10 Å². The van der Waals surface area contributed by atoms with E-state index in [1.54, 1.807) is 4.68 Å². The van der Waals surface area contributed by atoms with Crippen molar-refractivity contribution < 1.29 is 0 Å². The van der Waals surface area contributed by atoms with Gasteiger partial charge in [-0.3, -0.25) is 4.68 Å². The van der Waals surface area contributed by atoms with Crippen LogP contribution >= 0.6 is 11.6 Å². The molecule has 0 bridgehead atoms. The minimum atomic E-state index is 0.719. The SMILES string of the molecule is Cc1nn(C)c(-c2ccc(Cl)cc2)c1N. The molecule has 0 fully saturated rings. The molecule has 0 saturated heterocycles. The molecule has 1 aromatic heterocycles. The Morgan fingerprint density at radius 2 is 1.87 bits per heavy atom. The van der Waals surface area contributed by atoms with E-state index in [0.29, 0.717) is 0 Å². The molecule has 2 rings (SSSR count). The fourth-order valence-electron chi connectivity index (χ4n) is 1.62. The van der Waals surface area contributed by atoms with Crippen LogP contribution in [-0.4, -0.2) is 9.78 Å². The van der Waals surface area contributed by atoms with Crippen LogP contribution in [0.25, 0.3) is 11.3 Å². The molecule has 0 saturated carbocycles. The van der Waals surface area contributed by atoms with Gasteiger partial charge in [-0.25, -0.2) is 0 Å². The van der Waals surface area contributed by atoms with Crippen LogP contribution in [0.15, 0.2) is 24.3 Å². The zero-order chi connectivity index (χ0) is 11.0. The normalized spacial score (nSPS) is 10.6. The standard InChI is InChI=1S/C11H12ClN3/c1-7-10(13)11(15(2)14-7)8-3-5-9(12)6-4-8/h3-6H,13H2,1-2H3. The maximum atomic E-state index is 5.96. The lowest BCUT2D eigenvalue weighted by Gasteiger charge is -2.03. The summed E-state index contributed by atoms with van der Waals surface area (Å²) in [5.41, 5.74) is 9.49. The Hall–Kier alpha value is -1.48. The van der Waals surface area contributed by atoms with Crippen molar-refractivity contribution in [1.82, 2.24) is 9.78 Å². The van der Waals surface area contributed by atoms with Crippen LogP contribution in [0, 0.1) is 6.92 Å². The van der Waals surface area contributed by atoms with E-state index < -0.39 is 0 Å². The van der Waals surface area contributed by atoms with Crippen molar-refractivity contribution in [2.45, 2.75) is 6.92 Å². The summed E-state index contributed by atoms with van der Waals surface area (Å²) in [7, 11) is 1.88. The molecule has 0 amide bonds. The van der Waals surface area contributed by atoms with E-state index in [1.165, 1.54) is 0 Å². The Bertz CT molecular complexity index is 485. The largest absolute Gasteiger partial charge is 0.395 e. The third kappa shape index (κ3) is 1.70. The first-order valence-corrected chi connectivity index (χ1v) is 5.02. The van der Waals surface area contributed by atoms with Crippen molar-refractivity contribution in [3.05, 3.63) is 35.0 Å². The second kappa shape index (κ2) is 3.59. The molecule has 0 radical (unpaired) electrons. The van der Waals surface area contributed by atoms with Crippen LogP contribution in [0.2, 0.25) is 5.02 Å². The Kier molecular flexibility index (Phi) is 2.40. The molecule has 1 heterocycles. The molecule has 2 aromatic rings. The van der Waals surface area contributed by atoms with Gasteiger partial charge in [0.1, 0.15) is 0 Å². The minimum Gasteiger partial charge on any atom is -0.395 e. The molecule has 0 spiro atoms. The van der Waals surface area contributed by atoms with Gasteiger partial charge in [-0.15, -0.1) is 0 Å². The zero-order valence-corrected chi connectivity index (χ0v) is 9.42. The van der Waals surface area contributed by atoms with Gasteiger partial charge in [0.05, 0.1) is 17.1 Å². The van der Waals surface area contributed by atoms with Gasteiger partial charge in [-0.2, -0.15) is 5.10 Å². The van der Waals surface area contributed by atoms with E-state index >= 15 is 0 Å². The molecular formula is C11H12ClN3. The molecule has 2 N–H and O–H groups in total. The lowest BCUT2D eigenvalue weighted by atomic mass is 10.1. The summed E-state index contributed by atoms with van der Waals surface area (Å²) >= 11 is 5.83. The number of benzene rings is 1. The lowest BCUT2D eigenvalue weighted by Crippen LogP contribution is -1.95. The fraction of sp³-hybridized carbons (Fsp3) is 0.182. The first-order chi connectivity index (χ1) is 7.09. The van der Waals surface area contributed by atoms with Gasteiger partial charge in [0.2, 0.25) is 0 Å². The van der Waals surface area contributed by atoms with Crippen LogP contribution in [0.1, 0.15) is 5.69 Å². The molecule has 0 unspecified atom stereocenters. The average molecular weight is 222 g/mol. The minimum absolute atomic E-state index is 0.719. The number of rotatable bonds is 1. The molecule has 0 aliphatic carbocycles. The summed E-state index contributed by atoms with van der Waals surface area (Å²) in [5, 5.41) is 4.99. The molecule has 0 aliphatic rings. The van der Waals surface area contributed by atoms with E-state index in [9.17, 15) is 0 Å². The van der Waals surface area contributed by atoms with Gasteiger partial charge < -0.3 is 5.73 Å². The summed E-state index contributed by atoms with van der Waals surface area (Å²) in [6.07, 6.45) is 0. The average Bonchev–Trinajstić information content (AvgIpc) is 2.44. The Balaban J connectivity index is 2.58. The number of halogens is 1. The van der Waals surface area contributed by atoms with Crippen LogP contribution in [-0.2, 0) is 7.05 Å². The monoisotopic (exact) mass is 221 g/mol. The lowest BCUT2D eigenvalue weighted by molar-refractivity contribution is 0.764. The van der Waals surface area contributed by atoms with Crippen molar-refractivity contribution >= 4 is 17.3 Å². The van der Waals surface area contributed by atoms with Crippen molar-refractivity contribution in [2.24, 2.45) is 7.05 Å². The number of hydrogen-bond acceptors (Lipinski definition) is 2. The number of nitrogens with two attached hydrogens (primary N) is 1. The van der Waals surface area contributed by atoms with Gasteiger partial charge in [0, 0.05) is 17.6 Å². The number of hydrogen-bond donors (Lipinski definition) is 1. The predicted molar refractivity (Wildman–Crippen MR) is 62.8 cm³/mol. The van der Waals surface area contributed by atoms with Gasteiger partial charge in [-0.1, -0.05) is 23.7 Å². The fourth-order valence-corrected chi connectivity index (χ4v) is 1.75. The number of anilines is 1. The van der Waals surface area contributed by atoms with Crippen LogP contribution in [0.3, 0.4) is 0 Å². The van der Waals surface area contributed by atoms with Crippen LogP contribution < -0.4 is 5.73 Å². The summed E-state index contributed by atoms with van der Waals surface area (Å²) in [6.45, 7) is 1.90. The molecule has 15 heavy (non-hydrogen) atoms. The second-order valence-corrected chi connectivity index (χ2v) is 3.91. The highest BCUT2D eigenvalue weighted by Gasteiger charge is 2.11. The second-order valence-electron chi connectivity index (χ2n) is 3.48. The predicted octanol–water partition coefficient (Wildman–Crippen LogP) is 2.63. The maximum Gasteiger partial charge on any atom is 0.0911 e. The van der Waals surface area contributed by atoms with Crippen molar-refractivity contribution in [1.29, 1.82) is 0 Å². The molecule has 4 heteroatoms. The molecule has 0 atom stereocenters. The highest BCUT2D eigenvalue weighted by molar-refractivity contribution is 6.30. The van der Waals surface area contributed by atoms with Crippen molar-refractivity contribution in [3.63, 3.8) is 0 Å². The van der Waals surface area contributed by atoms with Crippen LogP contribution in [0.5, 0.6) is 0 Å².